The van der Waals surface area contributed by atoms with Crippen LogP contribution in [-0.2, 0) is 0 Å². The minimum atomic E-state index is -0.0422. The van der Waals surface area contributed by atoms with Gasteiger partial charge in [-0.2, -0.15) is 0 Å². The summed E-state index contributed by atoms with van der Waals surface area (Å²) < 4.78 is 0. The Morgan fingerprint density at radius 1 is 1.50 bits per heavy atom. The number of carbonyl (C=O) groups excluding carboxylic acids is 1. The van der Waals surface area contributed by atoms with E-state index in [9.17, 15) is 4.79 Å². The summed E-state index contributed by atoms with van der Waals surface area (Å²) >= 11 is 1.41. The van der Waals surface area contributed by atoms with Gasteiger partial charge in [-0.1, -0.05) is 25.7 Å². The lowest BCUT2D eigenvalue weighted by molar-refractivity contribution is 0.0940. The van der Waals surface area contributed by atoms with Gasteiger partial charge in [-0.05, 0) is 30.7 Å². The van der Waals surface area contributed by atoms with E-state index in [1.165, 1.54) is 11.3 Å². The zero-order valence-corrected chi connectivity index (χ0v) is 11.9. The molecule has 1 aromatic heterocycles. The Kier molecular flexibility index (Phi) is 5.90. The molecule has 1 rings (SSSR count). The summed E-state index contributed by atoms with van der Waals surface area (Å²) in [4.78, 5) is 12.8. The molecular formula is C14H20N2OS. The van der Waals surface area contributed by atoms with Crippen molar-refractivity contribution in [3.05, 3.63) is 21.9 Å². The van der Waals surface area contributed by atoms with E-state index in [4.69, 9.17) is 5.73 Å². The molecule has 0 saturated carbocycles. The Labute approximate surface area is 113 Å². The van der Waals surface area contributed by atoms with Gasteiger partial charge >= 0.3 is 0 Å². The minimum Gasteiger partial charge on any atom is -0.349 e. The van der Waals surface area contributed by atoms with Crippen LogP contribution in [0.15, 0.2) is 11.4 Å². The lowest BCUT2D eigenvalue weighted by Crippen LogP contribution is -2.33. The molecule has 0 aromatic carbocycles. The van der Waals surface area contributed by atoms with Crippen molar-refractivity contribution >= 4 is 17.2 Å². The number of hydrogen-bond acceptors (Lipinski definition) is 3. The molecule has 0 fully saturated rings. The molecular weight excluding hydrogens is 244 g/mol. The molecule has 1 amide bonds. The van der Waals surface area contributed by atoms with Crippen LogP contribution < -0.4 is 11.1 Å². The highest BCUT2D eigenvalue weighted by atomic mass is 32.1. The first-order chi connectivity index (χ1) is 8.54. The fourth-order valence-corrected chi connectivity index (χ4v) is 2.54. The van der Waals surface area contributed by atoms with Gasteiger partial charge in [0.15, 0.2) is 0 Å². The van der Waals surface area contributed by atoms with Crippen molar-refractivity contribution in [3.63, 3.8) is 0 Å². The molecule has 4 heteroatoms. The molecule has 0 spiro atoms. The molecule has 1 aromatic rings. The SMILES string of the molecule is CC(C)CC(C)NC(=O)c1sccc1C#CCN. The van der Waals surface area contributed by atoms with Gasteiger partial charge in [-0.3, -0.25) is 4.79 Å². The molecule has 1 unspecified atom stereocenters. The molecule has 0 bridgehead atoms. The summed E-state index contributed by atoms with van der Waals surface area (Å²) in [5.74, 6) is 6.23. The van der Waals surface area contributed by atoms with E-state index in [0.717, 1.165) is 12.0 Å². The fraction of sp³-hybridized carbons (Fsp3) is 0.500. The molecule has 98 valence electrons. The van der Waals surface area contributed by atoms with Gasteiger partial charge < -0.3 is 11.1 Å². The predicted molar refractivity (Wildman–Crippen MR) is 76.6 cm³/mol. The number of carbonyl (C=O) groups is 1. The predicted octanol–water partition coefficient (Wildman–Crippen LogP) is 2.22. The first-order valence-electron chi connectivity index (χ1n) is 6.11. The lowest BCUT2D eigenvalue weighted by atomic mass is 10.1. The van der Waals surface area contributed by atoms with Gasteiger partial charge in [0.05, 0.1) is 6.54 Å². The summed E-state index contributed by atoms with van der Waals surface area (Å²) in [7, 11) is 0. The molecule has 0 radical (unpaired) electrons. The molecule has 0 aliphatic heterocycles. The van der Waals surface area contributed by atoms with Crippen molar-refractivity contribution in [2.24, 2.45) is 11.7 Å². The average Bonchev–Trinajstić information content (AvgIpc) is 2.72. The van der Waals surface area contributed by atoms with Crippen LogP contribution >= 0.6 is 11.3 Å². The molecule has 1 heterocycles. The highest BCUT2D eigenvalue weighted by molar-refractivity contribution is 7.12. The Hall–Kier alpha value is -1.31. The molecule has 0 aliphatic rings. The van der Waals surface area contributed by atoms with E-state index in [1.54, 1.807) is 0 Å². The van der Waals surface area contributed by atoms with E-state index in [0.29, 0.717) is 17.3 Å². The minimum absolute atomic E-state index is 0.0422. The van der Waals surface area contributed by atoms with Gasteiger partial charge in [0.25, 0.3) is 5.91 Å². The number of rotatable bonds is 4. The highest BCUT2D eigenvalue weighted by Gasteiger charge is 2.14. The van der Waals surface area contributed by atoms with Crippen molar-refractivity contribution in [1.29, 1.82) is 0 Å². The second-order valence-corrected chi connectivity index (χ2v) is 5.59. The van der Waals surface area contributed by atoms with Crippen molar-refractivity contribution in [2.75, 3.05) is 6.54 Å². The van der Waals surface area contributed by atoms with E-state index in [-0.39, 0.29) is 11.9 Å². The number of nitrogens with one attached hydrogen (secondary N) is 1. The summed E-state index contributed by atoms with van der Waals surface area (Å²) in [6.45, 7) is 6.62. The Balaban J connectivity index is 2.70. The normalized spacial score (nSPS) is 11.8. The maximum Gasteiger partial charge on any atom is 0.262 e. The maximum atomic E-state index is 12.1. The quantitative estimate of drug-likeness (QED) is 0.819. The average molecular weight is 264 g/mol. The molecule has 1 atom stereocenters. The monoisotopic (exact) mass is 264 g/mol. The van der Waals surface area contributed by atoms with E-state index >= 15 is 0 Å². The molecule has 0 saturated heterocycles. The van der Waals surface area contributed by atoms with Gasteiger partial charge in [-0.25, -0.2) is 0 Å². The van der Waals surface area contributed by atoms with Crippen LogP contribution in [0.25, 0.3) is 0 Å². The first kappa shape index (κ1) is 14.7. The fourth-order valence-electron chi connectivity index (χ4n) is 1.79. The molecule has 0 aliphatic carbocycles. The van der Waals surface area contributed by atoms with E-state index < -0.39 is 0 Å². The topological polar surface area (TPSA) is 55.1 Å². The summed E-state index contributed by atoms with van der Waals surface area (Å²) in [5, 5.41) is 4.88. The third kappa shape index (κ3) is 4.52. The summed E-state index contributed by atoms with van der Waals surface area (Å²) in [6, 6.07) is 2.03. The number of amides is 1. The van der Waals surface area contributed by atoms with Gasteiger partial charge in [0.1, 0.15) is 4.88 Å². The van der Waals surface area contributed by atoms with Gasteiger partial charge in [-0.15, -0.1) is 11.3 Å². The second kappa shape index (κ2) is 7.20. The third-order valence-corrected chi connectivity index (χ3v) is 3.31. The smallest absolute Gasteiger partial charge is 0.262 e. The van der Waals surface area contributed by atoms with E-state index in [1.807, 2.05) is 18.4 Å². The van der Waals surface area contributed by atoms with E-state index in [2.05, 4.69) is 31.0 Å². The van der Waals surface area contributed by atoms with Crippen molar-refractivity contribution < 1.29 is 4.79 Å². The molecule has 18 heavy (non-hydrogen) atoms. The number of nitrogens with two attached hydrogens (primary N) is 1. The van der Waals surface area contributed by atoms with Crippen LogP contribution in [0.4, 0.5) is 0 Å². The Morgan fingerprint density at radius 3 is 2.83 bits per heavy atom. The summed E-state index contributed by atoms with van der Waals surface area (Å²) in [5.41, 5.74) is 6.10. The standard InChI is InChI=1S/C14H20N2OS/c1-10(2)9-11(3)16-14(17)13-12(5-4-7-15)6-8-18-13/h6,8,10-11H,7,9,15H2,1-3H3,(H,16,17). The van der Waals surface area contributed by atoms with Crippen LogP contribution in [0.5, 0.6) is 0 Å². The maximum absolute atomic E-state index is 12.1. The van der Waals surface area contributed by atoms with Crippen LogP contribution in [0, 0.1) is 17.8 Å². The van der Waals surface area contributed by atoms with Crippen molar-refractivity contribution in [1.82, 2.24) is 5.32 Å². The largest absolute Gasteiger partial charge is 0.349 e. The molecule has 3 N–H and O–H groups in total. The van der Waals surface area contributed by atoms with Gasteiger partial charge in [0, 0.05) is 11.6 Å². The molecule has 3 nitrogen and oxygen atoms in total. The highest BCUT2D eigenvalue weighted by Crippen LogP contribution is 2.16. The Morgan fingerprint density at radius 2 is 2.22 bits per heavy atom. The van der Waals surface area contributed by atoms with Crippen LogP contribution in [0.2, 0.25) is 0 Å². The zero-order chi connectivity index (χ0) is 13.5. The number of thiophene rings is 1. The van der Waals surface area contributed by atoms with Crippen molar-refractivity contribution in [2.45, 2.75) is 33.2 Å². The summed E-state index contributed by atoms with van der Waals surface area (Å²) in [6.07, 6.45) is 0.973. The first-order valence-corrected chi connectivity index (χ1v) is 6.99. The van der Waals surface area contributed by atoms with Crippen molar-refractivity contribution in [3.8, 4) is 11.8 Å². The second-order valence-electron chi connectivity index (χ2n) is 4.67. The van der Waals surface area contributed by atoms with Crippen LogP contribution in [0.3, 0.4) is 0 Å². The zero-order valence-electron chi connectivity index (χ0n) is 11.1. The van der Waals surface area contributed by atoms with Crippen LogP contribution in [0.1, 0.15) is 42.4 Å². The number of hydrogen-bond donors (Lipinski definition) is 2. The van der Waals surface area contributed by atoms with Gasteiger partial charge in [0.2, 0.25) is 0 Å². The lowest BCUT2D eigenvalue weighted by Gasteiger charge is -2.15. The van der Waals surface area contributed by atoms with Crippen LogP contribution in [-0.4, -0.2) is 18.5 Å². The Bertz CT molecular complexity index is 454. The third-order valence-electron chi connectivity index (χ3n) is 2.40.